The second-order valence-corrected chi connectivity index (χ2v) is 13.0. The Hall–Kier alpha value is -4.25. The normalized spacial score (nSPS) is 17.3. The van der Waals surface area contributed by atoms with Gasteiger partial charge in [-0.05, 0) is 91.7 Å². The molecule has 0 spiro atoms. The summed E-state index contributed by atoms with van der Waals surface area (Å²) in [5.74, 6) is 0.908. The summed E-state index contributed by atoms with van der Waals surface area (Å²) >= 11 is 0. The molecule has 0 radical (unpaired) electrons. The Bertz CT molecular complexity index is 1840. The van der Waals surface area contributed by atoms with Crippen molar-refractivity contribution in [3.63, 3.8) is 0 Å². The van der Waals surface area contributed by atoms with Gasteiger partial charge in [-0.25, -0.2) is 4.98 Å². The van der Waals surface area contributed by atoms with Crippen LogP contribution in [-0.4, -0.2) is 71.4 Å². The number of aliphatic hydroxyl groups is 1. The van der Waals surface area contributed by atoms with Gasteiger partial charge in [0.25, 0.3) is 0 Å². The molecule has 0 unspecified atom stereocenters. The lowest BCUT2D eigenvalue weighted by atomic mass is 9.90. The summed E-state index contributed by atoms with van der Waals surface area (Å²) in [5.41, 5.74) is 6.96. The van der Waals surface area contributed by atoms with Gasteiger partial charge in [0.05, 0.1) is 37.8 Å². The first-order chi connectivity index (χ1) is 23.5. The third-order valence-corrected chi connectivity index (χ3v) is 9.69. The van der Waals surface area contributed by atoms with Crippen LogP contribution in [0.5, 0.6) is 11.6 Å². The van der Waals surface area contributed by atoms with E-state index < -0.39 is 11.7 Å². The third-order valence-electron chi connectivity index (χ3n) is 9.69. The molecule has 6 rings (SSSR count). The van der Waals surface area contributed by atoms with E-state index in [-0.39, 0.29) is 11.7 Å². The lowest BCUT2D eigenvalue weighted by Gasteiger charge is -2.20. The fourth-order valence-electron chi connectivity index (χ4n) is 7.00. The number of ether oxygens (including phenoxy) is 2. The monoisotopic (exact) mass is 672 g/mol. The number of β-amino-alcohol motifs (C(OH)–C–C–N with tert-alkyl or cyclic N) is 1. The van der Waals surface area contributed by atoms with Crippen molar-refractivity contribution in [2.45, 2.75) is 58.5 Å². The minimum Gasteiger partial charge on any atom is -0.496 e. The van der Waals surface area contributed by atoms with Gasteiger partial charge in [-0.3, -0.25) is 14.8 Å². The van der Waals surface area contributed by atoms with Crippen molar-refractivity contribution in [3.05, 3.63) is 93.8 Å². The highest BCUT2D eigenvalue weighted by molar-refractivity contribution is 5.82. The smallest absolute Gasteiger partial charge is 0.417 e. The highest BCUT2D eigenvalue weighted by atomic mass is 19.4. The van der Waals surface area contributed by atoms with Crippen molar-refractivity contribution in [3.8, 4) is 34.0 Å². The fraction of sp³-hybridized carbons (Fsp3) is 0.385. The molecular formula is C39H43F3N4O3. The van der Waals surface area contributed by atoms with Crippen LogP contribution in [0.2, 0.25) is 0 Å². The summed E-state index contributed by atoms with van der Waals surface area (Å²) in [7, 11) is 3.09. The Labute approximate surface area is 286 Å². The number of hydrogen-bond acceptors (Lipinski definition) is 7. The molecule has 2 saturated heterocycles. The number of halogens is 3. The highest BCUT2D eigenvalue weighted by Crippen LogP contribution is 2.39. The van der Waals surface area contributed by atoms with E-state index in [1.807, 2.05) is 50.2 Å². The van der Waals surface area contributed by atoms with Crippen molar-refractivity contribution < 1.29 is 27.8 Å². The fourth-order valence-corrected chi connectivity index (χ4v) is 7.00. The van der Waals surface area contributed by atoms with E-state index in [9.17, 15) is 18.3 Å². The van der Waals surface area contributed by atoms with Crippen LogP contribution in [0.3, 0.4) is 0 Å². The average molecular weight is 673 g/mol. The van der Waals surface area contributed by atoms with Gasteiger partial charge in [0, 0.05) is 37.3 Å². The Morgan fingerprint density at radius 3 is 2.22 bits per heavy atom. The molecule has 1 atom stereocenters. The van der Waals surface area contributed by atoms with E-state index in [4.69, 9.17) is 19.4 Å². The van der Waals surface area contributed by atoms with E-state index in [0.29, 0.717) is 42.5 Å². The van der Waals surface area contributed by atoms with Crippen LogP contribution in [0, 0.1) is 13.8 Å². The van der Waals surface area contributed by atoms with Crippen LogP contribution in [0.15, 0.2) is 54.7 Å². The molecule has 3 aromatic carbocycles. The van der Waals surface area contributed by atoms with Crippen molar-refractivity contribution >= 4 is 12.2 Å². The van der Waals surface area contributed by atoms with Gasteiger partial charge in [-0.1, -0.05) is 48.6 Å². The number of aromatic nitrogens is 2. The van der Waals surface area contributed by atoms with Crippen molar-refractivity contribution in [1.82, 2.24) is 19.8 Å². The number of likely N-dealkylation sites (tertiary alicyclic amines) is 2. The second-order valence-electron chi connectivity index (χ2n) is 13.0. The number of aliphatic hydroxyl groups excluding tert-OH is 1. The zero-order valence-electron chi connectivity index (χ0n) is 28.5. The van der Waals surface area contributed by atoms with Crippen LogP contribution in [0.1, 0.15) is 58.3 Å². The van der Waals surface area contributed by atoms with Gasteiger partial charge >= 0.3 is 6.18 Å². The zero-order chi connectivity index (χ0) is 34.7. The molecule has 1 aromatic heterocycles. The average Bonchev–Trinajstić information content (AvgIpc) is 3.76. The predicted molar refractivity (Wildman–Crippen MR) is 186 cm³/mol. The van der Waals surface area contributed by atoms with Crippen LogP contribution < -0.4 is 9.47 Å². The van der Waals surface area contributed by atoms with Gasteiger partial charge in [0.15, 0.2) is 0 Å². The van der Waals surface area contributed by atoms with Gasteiger partial charge in [0.1, 0.15) is 11.4 Å². The topological polar surface area (TPSA) is 71.0 Å². The number of benzene rings is 3. The standard InChI is InChI=1S/C39H43F3N4O3/c1-25-27(13-14-28-20-37(48-3)29(19-34(28)39(40,41)42)22-45-16-5-6-17-45)9-7-10-31(25)32-11-8-12-33(26(32)2)35-21-43-36(38(44-35)49-4)24-46-18-15-30(47)23-46/h7-14,19-21,30,47H,5-6,15-18,22-24H2,1-4H3/b14-13+/t30-/m1/s1. The molecule has 0 saturated carbocycles. The highest BCUT2D eigenvalue weighted by Gasteiger charge is 2.34. The maximum atomic E-state index is 14.3. The van der Waals surface area contributed by atoms with E-state index in [2.05, 4.69) is 9.80 Å². The van der Waals surface area contributed by atoms with Crippen LogP contribution in [-0.2, 0) is 19.3 Å². The molecule has 4 aromatic rings. The summed E-state index contributed by atoms with van der Waals surface area (Å²) in [6.07, 6.45) is 3.05. The maximum absolute atomic E-state index is 14.3. The number of hydrogen-bond donors (Lipinski definition) is 1. The largest absolute Gasteiger partial charge is 0.496 e. The SMILES string of the molecule is COc1cc(/C=C/c2cccc(-c3cccc(-c4cnc(CN5CC[C@@H](O)C5)c(OC)n4)c3C)c2C)c(C(F)(F)F)cc1CN1CCCC1. The first-order valence-electron chi connectivity index (χ1n) is 16.7. The number of methoxy groups -OCH3 is 2. The Balaban J connectivity index is 1.30. The molecule has 49 heavy (non-hydrogen) atoms. The molecule has 0 aliphatic carbocycles. The third kappa shape index (κ3) is 7.66. The first-order valence-corrected chi connectivity index (χ1v) is 16.7. The molecule has 2 fully saturated rings. The van der Waals surface area contributed by atoms with Gasteiger partial charge in [-0.2, -0.15) is 13.2 Å². The van der Waals surface area contributed by atoms with Gasteiger partial charge < -0.3 is 14.6 Å². The molecular weight excluding hydrogens is 629 g/mol. The predicted octanol–water partition coefficient (Wildman–Crippen LogP) is 7.80. The zero-order valence-corrected chi connectivity index (χ0v) is 28.5. The minimum absolute atomic E-state index is 0.0642. The molecule has 2 aliphatic rings. The number of rotatable bonds is 10. The van der Waals surface area contributed by atoms with Crippen molar-refractivity contribution in [2.24, 2.45) is 0 Å². The van der Waals surface area contributed by atoms with Gasteiger partial charge in [0.2, 0.25) is 5.88 Å². The molecule has 7 nitrogen and oxygen atoms in total. The lowest BCUT2D eigenvalue weighted by Crippen LogP contribution is -2.22. The van der Waals surface area contributed by atoms with Crippen LogP contribution in [0.4, 0.5) is 13.2 Å². The molecule has 1 N–H and O–H groups in total. The molecule has 10 heteroatoms. The maximum Gasteiger partial charge on any atom is 0.417 e. The molecule has 3 heterocycles. The Morgan fingerprint density at radius 2 is 1.55 bits per heavy atom. The van der Waals surface area contributed by atoms with E-state index >= 15 is 0 Å². The summed E-state index contributed by atoms with van der Waals surface area (Å²) in [6, 6.07) is 14.6. The van der Waals surface area contributed by atoms with Crippen LogP contribution in [0.25, 0.3) is 34.5 Å². The van der Waals surface area contributed by atoms with Crippen LogP contribution >= 0.6 is 0 Å². The summed E-state index contributed by atoms with van der Waals surface area (Å²) in [4.78, 5) is 13.8. The van der Waals surface area contributed by atoms with Gasteiger partial charge in [-0.15, -0.1) is 0 Å². The quantitative estimate of drug-likeness (QED) is 0.173. The molecule has 0 amide bonds. The second kappa shape index (κ2) is 14.7. The van der Waals surface area contributed by atoms with Crippen molar-refractivity contribution in [2.75, 3.05) is 40.4 Å². The van der Waals surface area contributed by atoms with E-state index in [1.165, 1.54) is 25.3 Å². The van der Waals surface area contributed by atoms with Crippen molar-refractivity contribution in [1.29, 1.82) is 0 Å². The number of nitrogens with zero attached hydrogens (tertiary/aromatic N) is 4. The summed E-state index contributed by atoms with van der Waals surface area (Å²) < 4.78 is 54.2. The summed E-state index contributed by atoms with van der Waals surface area (Å²) in [6.45, 7) is 8.15. The molecule has 0 bridgehead atoms. The van der Waals surface area contributed by atoms with E-state index in [0.717, 1.165) is 78.0 Å². The van der Waals surface area contributed by atoms with E-state index in [1.54, 1.807) is 19.4 Å². The number of alkyl halides is 3. The Morgan fingerprint density at radius 1 is 0.857 bits per heavy atom. The molecule has 2 aliphatic heterocycles. The first kappa shape index (κ1) is 34.6. The molecule has 258 valence electrons. The Kier molecular flexibility index (Phi) is 10.4. The summed E-state index contributed by atoms with van der Waals surface area (Å²) in [5, 5.41) is 9.92. The minimum atomic E-state index is -4.51. The lowest BCUT2D eigenvalue weighted by molar-refractivity contribution is -0.137.